The molecule has 0 aliphatic carbocycles. The summed E-state index contributed by atoms with van der Waals surface area (Å²) in [6, 6.07) is 2.29. The molecular weight excluding hydrogens is 961 g/mol. The molecule has 0 atom stereocenters. The molecule has 0 amide bonds. The first-order valence-electron chi connectivity index (χ1n) is 9.43. The molecule has 39 heavy (non-hydrogen) atoms. The van der Waals surface area contributed by atoms with Crippen LogP contribution in [0.5, 0.6) is 0 Å². The normalized spacial score (nSPS) is 15.6. The van der Waals surface area contributed by atoms with Crippen molar-refractivity contribution in [1.82, 2.24) is 0 Å². The van der Waals surface area contributed by atoms with Crippen LogP contribution in [0, 0.1) is 0 Å². The third-order valence-corrected chi connectivity index (χ3v) is 16.8. The van der Waals surface area contributed by atoms with Gasteiger partial charge in [-0.3, -0.25) is 0 Å². The Labute approximate surface area is 330 Å². The average Bonchev–Trinajstić information content (AvgIpc) is 2.70. The van der Waals surface area contributed by atoms with E-state index in [1.54, 1.807) is 6.92 Å². The molecule has 0 bridgehead atoms. The summed E-state index contributed by atoms with van der Waals surface area (Å²) in [5.41, 5.74) is -0.710. The van der Waals surface area contributed by atoms with Gasteiger partial charge in [-0.15, -0.1) is 0 Å². The van der Waals surface area contributed by atoms with Gasteiger partial charge in [-0.25, -0.2) is 0 Å². The van der Waals surface area contributed by atoms with Crippen molar-refractivity contribution in [3.63, 3.8) is 0 Å². The molecule has 0 aromatic heterocycles. The quantitative estimate of drug-likeness (QED) is 0.228. The summed E-state index contributed by atoms with van der Waals surface area (Å²) in [7, 11) is 0. The van der Waals surface area contributed by atoms with Gasteiger partial charge in [0.2, 0.25) is 24.4 Å². The highest BCUT2D eigenvalue weighted by Gasteiger charge is 2.66. The summed E-state index contributed by atoms with van der Waals surface area (Å²) in [6.45, 7) is 1.75. The molecule has 0 spiro atoms. The Morgan fingerprint density at radius 3 is 0.923 bits per heavy atom. The van der Waals surface area contributed by atoms with E-state index in [0.717, 1.165) is 12.1 Å². The van der Waals surface area contributed by atoms with Gasteiger partial charge in [0.15, 0.2) is 13.0 Å². The van der Waals surface area contributed by atoms with Crippen LogP contribution in [0.4, 0.5) is 0 Å². The zero-order valence-corrected chi connectivity index (χ0v) is 33.9. The molecule has 228 valence electrons. The number of alkyl halides is 21. The van der Waals surface area contributed by atoms with Crippen LogP contribution in [0.2, 0.25) is 0 Å². The zero-order chi connectivity index (χ0) is 31.6. The smallest absolute Gasteiger partial charge is 0.0930 e. The summed E-state index contributed by atoms with van der Waals surface area (Å²) in [6.07, 6.45) is 0.440. The maximum Gasteiger partial charge on any atom is 0.226 e. The second-order valence-corrected chi connectivity index (χ2v) is 22.5. The van der Waals surface area contributed by atoms with Gasteiger partial charge in [-0.05, 0) is 40.8 Å². The topological polar surface area (TPSA) is 0 Å². The predicted octanol–water partition coefficient (Wildman–Crippen LogP) is 15.2. The van der Waals surface area contributed by atoms with Crippen molar-refractivity contribution in [1.29, 1.82) is 0 Å². The number of halogens is 21. The van der Waals surface area contributed by atoms with Gasteiger partial charge in [0.05, 0.1) is 0 Å². The first kappa shape index (κ1) is 42.3. The van der Waals surface area contributed by atoms with Crippen LogP contribution in [-0.2, 0) is 19.4 Å². The van der Waals surface area contributed by atoms with Crippen molar-refractivity contribution < 1.29 is 0 Å². The number of hydrogen-bond acceptors (Lipinski definition) is 0. The molecule has 0 fully saturated rings. The van der Waals surface area contributed by atoms with E-state index < -0.39 is 37.4 Å². The molecule has 0 saturated heterocycles. The van der Waals surface area contributed by atoms with Crippen LogP contribution >= 0.6 is 244 Å². The molecule has 0 aliphatic heterocycles. The molecule has 0 unspecified atom stereocenters. The number of hydrogen-bond donors (Lipinski definition) is 0. The number of benzene rings is 1. The van der Waals surface area contributed by atoms with Gasteiger partial charge >= 0.3 is 0 Å². The fraction of sp³-hybridized carbons (Fsp3) is 0.667. The van der Waals surface area contributed by atoms with Crippen LogP contribution < -0.4 is 0 Å². The lowest BCUT2D eigenvalue weighted by Crippen LogP contribution is -2.49. The SMILES string of the molecule is CCCc1c(C(Cl)(Cl)C(Cl)(Cl)C(Cl)(Cl)Cl)cc(C(Cl)(Cl)C(Cl)(Cl)C(Cl)(Cl)Cl)cc1C(Cl)(Cl)C(Cl)(Cl)C(Cl)(Cl)Cl. The van der Waals surface area contributed by atoms with E-state index in [-0.39, 0.29) is 28.7 Å². The van der Waals surface area contributed by atoms with Crippen LogP contribution in [0.3, 0.4) is 0 Å². The van der Waals surface area contributed by atoms with Gasteiger partial charge in [0.25, 0.3) is 0 Å². The Hall–Kier alpha value is 5.31. The summed E-state index contributed by atoms with van der Waals surface area (Å²) in [5.74, 6) is 0. The highest BCUT2D eigenvalue weighted by Crippen LogP contribution is 2.66. The minimum absolute atomic E-state index is 0.0652. The van der Waals surface area contributed by atoms with Crippen LogP contribution in [-0.4, -0.2) is 24.4 Å². The first-order chi connectivity index (χ1) is 16.8. The number of rotatable bonds is 8. The third-order valence-electron chi connectivity index (χ3n) is 5.04. The fourth-order valence-electron chi connectivity index (χ4n) is 2.99. The lowest BCUT2D eigenvalue weighted by atomic mass is 9.87. The van der Waals surface area contributed by atoms with Crippen LogP contribution in [0.1, 0.15) is 35.6 Å². The molecular formula is C18H9Cl21. The molecule has 1 aromatic rings. The Balaban J connectivity index is 4.51. The largest absolute Gasteiger partial charge is 0.226 e. The Morgan fingerprint density at radius 2 is 0.692 bits per heavy atom. The van der Waals surface area contributed by atoms with Gasteiger partial charge in [-0.2, -0.15) is 0 Å². The van der Waals surface area contributed by atoms with Crippen molar-refractivity contribution >= 4 is 244 Å². The second-order valence-electron chi connectivity index (χ2n) is 7.74. The second kappa shape index (κ2) is 13.7. The van der Waals surface area contributed by atoms with Crippen molar-refractivity contribution in [2.45, 2.75) is 57.1 Å². The maximum absolute atomic E-state index is 6.72. The van der Waals surface area contributed by atoms with Gasteiger partial charge in [-0.1, -0.05) is 257 Å². The van der Waals surface area contributed by atoms with Gasteiger partial charge < -0.3 is 0 Å². The summed E-state index contributed by atoms with van der Waals surface area (Å²) in [4.78, 5) is 0. The monoisotopic (exact) mass is 959 g/mol. The summed E-state index contributed by atoms with van der Waals surface area (Å²) >= 11 is 132. The minimum atomic E-state index is -2.60. The lowest BCUT2D eigenvalue weighted by molar-refractivity contribution is 0.650. The molecule has 1 aromatic carbocycles. The zero-order valence-electron chi connectivity index (χ0n) is 18.0. The van der Waals surface area contributed by atoms with E-state index >= 15 is 0 Å². The average molecular weight is 970 g/mol. The Bertz CT molecular complexity index is 977. The standard InChI is InChI=1S/C18H9Cl21/c1-2-3-7-8(11(21,22)14(27,28)17(34,35)36)4-6(10(19,20)13(25,26)16(31,32)33)5-9(7)12(23,24)15(29,30)18(37,38)39/h4-5H,2-3H2,1H3. The van der Waals surface area contributed by atoms with Crippen molar-refractivity contribution in [2.75, 3.05) is 0 Å². The molecule has 0 radical (unpaired) electrons. The van der Waals surface area contributed by atoms with E-state index in [2.05, 4.69) is 0 Å². The Morgan fingerprint density at radius 1 is 0.436 bits per heavy atom. The van der Waals surface area contributed by atoms with Crippen molar-refractivity contribution in [3.8, 4) is 0 Å². The van der Waals surface area contributed by atoms with Gasteiger partial charge in [0.1, 0.15) is 0 Å². The molecule has 0 saturated carbocycles. The molecule has 0 N–H and O–H groups in total. The summed E-state index contributed by atoms with van der Waals surface area (Å²) in [5, 5.41) is 0. The van der Waals surface area contributed by atoms with Gasteiger partial charge in [0, 0.05) is 0 Å². The molecule has 1 rings (SSSR count). The highest BCUT2D eigenvalue weighted by atomic mass is 35.6. The summed E-state index contributed by atoms with van der Waals surface area (Å²) < 4.78 is -22.9. The van der Waals surface area contributed by atoms with Crippen molar-refractivity contribution in [3.05, 3.63) is 34.4 Å². The molecule has 0 aliphatic rings. The first-order valence-corrected chi connectivity index (χ1v) is 17.4. The van der Waals surface area contributed by atoms with E-state index in [0.29, 0.717) is 6.42 Å². The van der Waals surface area contributed by atoms with E-state index in [1.165, 1.54) is 0 Å². The van der Waals surface area contributed by atoms with Crippen molar-refractivity contribution in [2.24, 2.45) is 0 Å². The third kappa shape index (κ3) is 7.97. The van der Waals surface area contributed by atoms with Crippen LogP contribution in [0.25, 0.3) is 0 Å². The Kier molecular flexibility index (Phi) is 14.8. The maximum atomic E-state index is 6.72. The molecule has 21 heteroatoms. The fourth-order valence-corrected chi connectivity index (χ4v) is 7.50. The van der Waals surface area contributed by atoms with E-state index in [1.807, 2.05) is 0 Å². The van der Waals surface area contributed by atoms with E-state index in [4.69, 9.17) is 244 Å². The lowest BCUT2D eigenvalue weighted by Gasteiger charge is -2.44. The molecule has 0 heterocycles. The molecule has 0 nitrogen and oxygen atoms in total. The van der Waals surface area contributed by atoms with Crippen LogP contribution in [0.15, 0.2) is 12.1 Å². The highest BCUT2D eigenvalue weighted by molar-refractivity contribution is 6.80. The minimum Gasteiger partial charge on any atom is -0.0930 e. The van der Waals surface area contributed by atoms with E-state index in [9.17, 15) is 0 Å². The predicted molar refractivity (Wildman–Crippen MR) is 185 cm³/mol.